The molecule has 4 aromatic rings. The normalized spacial score (nSPS) is 27.6. The predicted octanol–water partition coefficient (Wildman–Crippen LogP) is 8.81. The van der Waals surface area contributed by atoms with E-state index in [2.05, 4.69) is 66.4 Å². The van der Waals surface area contributed by atoms with E-state index in [1.165, 1.54) is 10.9 Å². The Hall–Kier alpha value is -3.70. The molecule has 2 fully saturated rings. The lowest BCUT2D eigenvalue weighted by Gasteiger charge is -2.54. The first kappa shape index (κ1) is 32.8. The van der Waals surface area contributed by atoms with Gasteiger partial charge < -0.3 is 15.1 Å². The highest BCUT2D eigenvalue weighted by molar-refractivity contribution is 5.85. The number of carbonyl (C=O) groups excluding carboxylic acids is 1. The predicted molar refractivity (Wildman–Crippen MR) is 191 cm³/mol. The van der Waals surface area contributed by atoms with E-state index in [1.54, 1.807) is 6.07 Å². The summed E-state index contributed by atoms with van der Waals surface area (Å²) in [6, 6.07) is 30.6. The van der Waals surface area contributed by atoms with Crippen molar-refractivity contribution in [1.29, 1.82) is 0 Å². The van der Waals surface area contributed by atoms with Crippen molar-refractivity contribution < 1.29 is 19.4 Å². The van der Waals surface area contributed by atoms with Crippen LogP contribution in [0.5, 0.6) is 5.75 Å². The molecule has 48 heavy (non-hydrogen) atoms. The largest absolute Gasteiger partial charge is 0.508 e. The molecule has 2 saturated carbocycles. The van der Waals surface area contributed by atoms with Crippen LogP contribution >= 0.6 is 0 Å². The second kappa shape index (κ2) is 14.0. The highest BCUT2D eigenvalue weighted by atomic mass is 19.1. The van der Waals surface area contributed by atoms with Crippen LogP contribution in [-0.4, -0.2) is 46.4 Å². The highest BCUT2D eigenvalue weighted by Gasteiger charge is 2.59. The average molecular weight is 648 g/mol. The molecule has 7 rings (SSSR count). The Morgan fingerprint density at radius 1 is 0.875 bits per heavy atom. The van der Waals surface area contributed by atoms with Crippen LogP contribution < -0.4 is 0 Å². The molecule has 0 radical (unpaired) electrons. The van der Waals surface area contributed by atoms with Crippen molar-refractivity contribution in [3.8, 4) is 5.75 Å². The lowest BCUT2D eigenvalue weighted by atomic mass is 9.51. The fourth-order valence-electron chi connectivity index (χ4n) is 9.86. The van der Waals surface area contributed by atoms with Gasteiger partial charge in [0, 0.05) is 19.0 Å². The zero-order valence-corrected chi connectivity index (χ0v) is 28.2. The lowest BCUT2D eigenvalue weighted by molar-refractivity contribution is -0.130. The molecule has 3 aliphatic carbocycles. The van der Waals surface area contributed by atoms with Crippen molar-refractivity contribution in [3.63, 3.8) is 0 Å². The molecule has 252 valence electrons. The smallest absolute Gasteiger partial charge is 0.226 e. The van der Waals surface area contributed by atoms with E-state index in [4.69, 9.17) is 0 Å². The van der Waals surface area contributed by atoms with Crippen molar-refractivity contribution in [2.75, 3.05) is 13.1 Å². The van der Waals surface area contributed by atoms with Gasteiger partial charge in [-0.1, -0.05) is 92.2 Å². The van der Waals surface area contributed by atoms with Crippen LogP contribution in [0.3, 0.4) is 0 Å². The Morgan fingerprint density at radius 2 is 1.65 bits per heavy atom. The number of fused-ring (bicyclic) bond motifs is 6. The second-order valence-corrected chi connectivity index (χ2v) is 15.2. The number of halogens is 1. The standard InChI is InChI=1S/C43H50FNO3/c1-43-28-38(44)42-36-19-18-35(46)27-34(36)26-33(41(42)37(43)20-21-39(43)47)15-7-8-22-45(23-9-12-29-10-3-2-4-11-29)40(48)25-30-16-17-31-13-5-6-14-32(31)24-30/h2-6,10-11,13-14,16-19,24,27,33,37-39,41-42,46-47H,7-9,12,15,20-23,25-26,28H2,1H3/t33-,37+,38+,39+,41+,42+,43+/m1/s1. The summed E-state index contributed by atoms with van der Waals surface area (Å²) in [6.07, 6.45) is 6.58. The number of benzene rings is 4. The number of aliphatic hydroxyl groups excluding tert-OH is 1. The van der Waals surface area contributed by atoms with Crippen LogP contribution in [0.15, 0.2) is 91.0 Å². The molecule has 0 bridgehead atoms. The van der Waals surface area contributed by atoms with Crippen LogP contribution in [0.2, 0.25) is 0 Å². The van der Waals surface area contributed by atoms with Gasteiger partial charge in [-0.05, 0) is 120 Å². The number of aliphatic hydroxyl groups is 1. The second-order valence-electron chi connectivity index (χ2n) is 15.2. The molecule has 0 spiro atoms. The van der Waals surface area contributed by atoms with E-state index in [0.29, 0.717) is 25.3 Å². The van der Waals surface area contributed by atoms with E-state index in [1.807, 2.05) is 30.3 Å². The van der Waals surface area contributed by atoms with E-state index >= 15 is 4.39 Å². The Labute approximate surface area is 285 Å². The van der Waals surface area contributed by atoms with E-state index in [0.717, 1.165) is 80.0 Å². The number of aromatic hydroxyl groups is 1. The first-order valence-corrected chi connectivity index (χ1v) is 18.2. The number of nitrogens with zero attached hydrogens (tertiary/aromatic N) is 1. The number of alkyl halides is 1. The summed E-state index contributed by atoms with van der Waals surface area (Å²) in [4.78, 5) is 15.9. The topological polar surface area (TPSA) is 60.8 Å². The molecule has 3 aliphatic rings. The Bertz CT molecular complexity index is 1720. The van der Waals surface area contributed by atoms with Crippen LogP contribution in [-0.2, 0) is 24.1 Å². The van der Waals surface area contributed by atoms with Crippen molar-refractivity contribution in [2.45, 2.75) is 89.3 Å². The number of aryl methyl sites for hydroxylation is 1. The fourth-order valence-corrected chi connectivity index (χ4v) is 9.86. The van der Waals surface area contributed by atoms with E-state index in [9.17, 15) is 15.0 Å². The third-order valence-corrected chi connectivity index (χ3v) is 12.3. The van der Waals surface area contributed by atoms with Gasteiger partial charge in [-0.3, -0.25) is 4.79 Å². The maximum absolute atomic E-state index is 16.2. The molecule has 2 N–H and O–H groups in total. The van der Waals surface area contributed by atoms with Crippen molar-refractivity contribution in [3.05, 3.63) is 113 Å². The summed E-state index contributed by atoms with van der Waals surface area (Å²) < 4.78 is 16.2. The number of phenols is 1. The maximum atomic E-state index is 16.2. The third-order valence-electron chi connectivity index (χ3n) is 12.3. The number of carbonyl (C=O) groups is 1. The molecular formula is C43H50FNO3. The first-order chi connectivity index (χ1) is 23.3. The minimum absolute atomic E-state index is 0.170. The van der Waals surface area contributed by atoms with Crippen molar-refractivity contribution in [2.24, 2.45) is 23.2 Å². The Kier molecular flexibility index (Phi) is 9.60. The quantitative estimate of drug-likeness (QED) is 0.160. The monoisotopic (exact) mass is 647 g/mol. The summed E-state index contributed by atoms with van der Waals surface area (Å²) >= 11 is 0. The van der Waals surface area contributed by atoms with Crippen LogP contribution in [0, 0.1) is 23.2 Å². The zero-order valence-electron chi connectivity index (χ0n) is 28.2. The lowest BCUT2D eigenvalue weighted by Crippen LogP contribution is -2.51. The van der Waals surface area contributed by atoms with Gasteiger partial charge in [0.05, 0.1) is 12.5 Å². The summed E-state index contributed by atoms with van der Waals surface area (Å²) in [5, 5.41) is 23.7. The molecule has 7 atom stereocenters. The summed E-state index contributed by atoms with van der Waals surface area (Å²) in [5.74, 6) is 1.01. The molecule has 4 nitrogen and oxygen atoms in total. The summed E-state index contributed by atoms with van der Waals surface area (Å²) in [7, 11) is 0. The Morgan fingerprint density at radius 3 is 2.48 bits per heavy atom. The third kappa shape index (κ3) is 6.63. The number of amides is 1. The van der Waals surface area contributed by atoms with Crippen molar-refractivity contribution in [1.82, 2.24) is 4.90 Å². The van der Waals surface area contributed by atoms with Gasteiger partial charge in [0.15, 0.2) is 0 Å². The minimum atomic E-state index is -0.997. The number of phenolic OH excluding ortho intramolecular Hbond substituents is 1. The summed E-state index contributed by atoms with van der Waals surface area (Å²) in [6.45, 7) is 3.56. The summed E-state index contributed by atoms with van der Waals surface area (Å²) in [5.41, 5.74) is 4.10. The minimum Gasteiger partial charge on any atom is -0.508 e. The molecule has 0 aliphatic heterocycles. The molecular weight excluding hydrogens is 597 g/mol. The fraction of sp³-hybridized carbons (Fsp3) is 0.465. The van der Waals surface area contributed by atoms with Gasteiger partial charge in [-0.2, -0.15) is 0 Å². The van der Waals surface area contributed by atoms with E-state index in [-0.39, 0.29) is 34.8 Å². The molecule has 1 amide bonds. The van der Waals surface area contributed by atoms with Gasteiger partial charge in [0.25, 0.3) is 0 Å². The molecule has 0 aromatic heterocycles. The molecule has 4 aromatic carbocycles. The van der Waals surface area contributed by atoms with Crippen molar-refractivity contribution >= 4 is 16.7 Å². The molecule has 0 heterocycles. The van der Waals surface area contributed by atoms with Crippen LogP contribution in [0.1, 0.15) is 80.0 Å². The number of hydrogen-bond acceptors (Lipinski definition) is 3. The van der Waals surface area contributed by atoms with Gasteiger partial charge in [-0.15, -0.1) is 0 Å². The SMILES string of the molecule is C[C@]12C[C@H](F)[C@@H]3c4ccc(O)cc4C[C@@H](CCCCN(CCCc4ccccc4)C(=O)Cc4ccc5ccccc5c4)[C@H]3[C@@H]1CC[C@@H]2O. The molecule has 0 saturated heterocycles. The van der Waals surface area contributed by atoms with Gasteiger partial charge >= 0.3 is 0 Å². The van der Waals surface area contributed by atoms with Crippen LogP contribution in [0.25, 0.3) is 10.8 Å². The maximum Gasteiger partial charge on any atom is 0.226 e. The number of hydrogen-bond donors (Lipinski definition) is 2. The Balaban J connectivity index is 1.04. The van der Waals surface area contributed by atoms with Gasteiger partial charge in [0.1, 0.15) is 11.9 Å². The van der Waals surface area contributed by atoms with Crippen LogP contribution in [0.4, 0.5) is 4.39 Å². The zero-order chi connectivity index (χ0) is 33.3. The van der Waals surface area contributed by atoms with Gasteiger partial charge in [-0.25, -0.2) is 4.39 Å². The number of rotatable bonds is 11. The number of unbranched alkanes of at least 4 members (excludes halogenated alkanes) is 1. The van der Waals surface area contributed by atoms with E-state index < -0.39 is 12.3 Å². The first-order valence-electron chi connectivity index (χ1n) is 18.2. The highest BCUT2D eigenvalue weighted by Crippen LogP contribution is 2.63. The molecule has 5 heteroatoms. The van der Waals surface area contributed by atoms with Gasteiger partial charge in [0.2, 0.25) is 5.91 Å². The molecule has 0 unspecified atom stereocenters. The average Bonchev–Trinajstić information content (AvgIpc) is 3.38.